The average molecular weight is 357 g/mol. The molecule has 2 aromatic rings. The lowest BCUT2D eigenvalue weighted by molar-refractivity contribution is 0.0454. The molecule has 6 nitrogen and oxygen atoms in total. The predicted molar refractivity (Wildman–Crippen MR) is 75.9 cm³/mol. The number of benzene rings is 1. The first-order valence-electron chi connectivity index (χ1n) is 6.49. The van der Waals surface area contributed by atoms with E-state index >= 15 is 0 Å². The molecule has 2 rings (SSSR count). The molecular formula is C13H14BrFN4O2. The van der Waals surface area contributed by atoms with Gasteiger partial charge in [-0.1, -0.05) is 13.3 Å². The van der Waals surface area contributed by atoms with Crippen LogP contribution in [0.2, 0.25) is 0 Å². The highest BCUT2D eigenvalue weighted by atomic mass is 79.9. The number of hydrogen-bond donors (Lipinski definition) is 0. The van der Waals surface area contributed by atoms with Crippen molar-refractivity contribution in [1.82, 2.24) is 20.2 Å². The summed E-state index contributed by atoms with van der Waals surface area (Å²) in [4.78, 5) is 11.9. The first-order chi connectivity index (χ1) is 10.1. The van der Waals surface area contributed by atoms with E-state index in [9.17, 15) is 9.18 Å². The molecule has 1 heterocycles. The maximum Gasteiger partial charge on any atom is 0.339 e. The van der Waals surface area contributed by atoms with Gasteiger partial charge < -0.3 is 4.74 Å². The van der Waals surface area contributed by atoms with E-state index in [2.05, 4.69) is 38.4 Å². The van der Waals surface area contributed by atoms with Crippen LogP contribution in [-0.4, -0.2) is 26.2 Å². The maximum atomic E-state index is 13.2. The monoisotopic (exact) mass is 356 g/mol. The first kappa shape index (κ1) is 15.6. The number of aryl methyl sites for hydroxylation is 1. The summed E-state index contributed by atoms with van der Waals surface area (Å²) in [6.07, 6.45) is 1.94. The molecular weight excluding hydrogens is 343 g/mol. The number of esters is 1. The Morgan fingerprint density at radius 2 is 2.29 bits per heavy atom. The Hall–Kier alpha value is -1.83. The van der Waals surface area contributed by atoms with E-state index in [1.807, 2.05) is 0 Å². The third kappa shape index (κ3) is 4.07. The van der Waals surface area contributed by atoms with Gasteiger partial charge in [-0.15, -0.1) is 5.10 Å². The normalized spacial score (nSPS) is 10.6. The standard InChI is InChI=1S/C13H14BrFN4O2/c1-2-3-6-19-12(16-17-18-19)8-21-13(20)10-7-9(15)4-5-11(10)14/h4-5,7H,2-3,6,8H2,1H3. The fourth-order valence-corrected chi connectivity index (χ4v) is 2.08. The second-order valence-corrected chi connectivity index (χ2v) is 5.23. The summed E-state index contributed by atoms with van der Waals surface area (Å²) < 4.78 is 20.4. The molecule has 0 amide bonds. The number of hydrogen-bond acceptors (Lipinski definition) is 5. The molecule has 0 fully saturated rings. The van der Waals surface area contributed by atoms with E-state index in [1.54, 1.807) is 4.68 Å². The van der Waals surface area contributed by atoms with E-state index < -0.39 is 11.8 Å². The summed E-state index contributed by atoms with van der Waals surface area (Å²) in [5.74, 6) is -0.673. The maximum absolute atomic E-state index is 13.2. The molecule has 8 heteroatoms. The van der Waals surface area contributed by atoms with Crippen molar-refractivity contribution in [2.45, 2.75) is 32.9 Å². The summed E-state index contributed by atoms with van der Waals surface area (Å²) in [6.45, 7) is 2.67. The number of tetrazole rings is 1. The number of rotatable bonds is 6. The van der Waals surface area contributed by atoms with Gasteiger partial charge in [-0.3, -0.25) is 0 Å². The van der Waals surface area contributed by atoms with Crippen LogP contribution in [0.4, 0.5) is 4.39 Å². The van der Waals surface area contributed by atoms with Gasteiger partial charge in [-0.25, -0.2) is 13.9 Å². The number of unbranched alkanes of at least 4 members (excludes halogenated alkanes) is 1. The van der Waals surface area contributed by atoms with Crippen LogP contribution in [0, 0.1) is 5.82 Å². The largest absolute Gasteiger partial charge is 0.454 e. The summed E-state index contributed by atoms with van der Waals surface area (Å²) in [7, 11) is 0. The minimum absolute atomic E-state index is 0.0570. The molecule has 1 aromatic carbocycles. The van der Waals surface area contributed by atoms with Crippen LogP contribution in [0.3, 0.4) is 0 Å². The number of aromatic nitrogens is 4. The molecule has 0 bridgehead atoms. The molecule has 0 radical (unpaired) electrons. The van der Waals surface area contributed by atoms with Crippen molar-refractivity contribution in [2.24, 2.45) is 0 Å². The van der Waals surface area contributed by atoms with Crippen LogP contribution in [-0.2, 0) is 17.9 Å². The van der Waals surface area contributed by atoms with E-state index in [0.717, 1.165) is 18.9 Å². The van der Waals surface area contributed by atoms with E-state index in [-0.39, 0.29) is 12.2 Å². The molecule has 0 aliphatic heterocycles. The third-order valence-corrected chi connectivity index (χ3v) is 3.50. The van der Waals surface area contributed by atoms with Crippen LogP contribution >= 0.6 is 15.9 Å². The molecule has 0 saturated carbocycles. The Morgan fingerprint density at radius 3 is 3.05 bits per heavy atom. The second-order valence-electron chi connectivity index (χ2n) is 4.37. The lowest BCUT2D eigenvalue weighted by Crippen LogP contribution is -2.11. The van der Waals surface area contributed by atoms with Crippen LogP contribution in [0.5, 0.6) is 0 Å². The average Bonchev–Trinajstić information content (AvgIpc) is 2.92. The van der Waals surface area contributed by atoms with Crippen LogP contribution in [0.15, 0.2) is 22.7 Å². The van der Waals surface area contributed by atoms with Gasteiger partial charge in [0, 0.05) is 11.0 Å². The smallest absolute Gasteiger partial charge is 0.339 e. The minimum atomic E-state index is -0.633. The Kier molecular flexibility index (Phi) is 5.38. The van der Waals surface area contributed by atoms with E-state index in [1.165, 1.54) is 12.1 Å². The van der Waals surface area contributed by atoms with Crippen LogP contribution in [0.25, 0.3) is 0 Å². The Balaban J connectivity index is 2.01. The fraction of sp³-hybridized carbons (Fsp3) is 0.385. The van der Waals surface area contributed by atoms with Crippen LogP contribution in [0.1, 0.15) is 35.9 Å². The molecule has 0 spiro atoms. The number of carbonyl (C=O) groups is 1. The Labute approximate surface area is 129 Å². The highest BCUT2D eigenvalue weighted by Gasteiger charge is 2.15. The second kappa shape index (κ2) is 7.26. The van der Waals surface area contributed by atoms with Gasteiger partial charge in [0.25, 0.3) is 0 Å². The van der Waals surface area contributed by atoms with Gasteiger partial charge in [-0.05, 0) is 51.0 Å². The van der Waals surface area contributed by atoms with Crippen LogP contribution < -0.4 is 0 Å². The minimum Gasteiger partial charge on any atom is -0.454 e. The van der Waals surface area contributed by atoms with Gasteiger partial charge in [0.15, 0.2) is 12.4 Å². The van der Waals surface area contributed by atoms with Gasteiger partial charge in [0.2, 0.25) is 0 Å². The predicted octanol–water partition coefficient (Wildman–Crippen LogP) is 2.73. The highest BCUT2D eigenvalue weighted by Crippen LogP contribution is 2.19. The zero-order valence-corrected chi connectivity index (χ0v) is 13.0. The number of nitrogens with zero attached hydrogens (tertiary/aromatic N) is 4. The number of carbonyl (C=O) groups excluding carboxylic acids is 1. The quantitative estimate of drug-likeness (QED) is 0.744. The SMILES string of the molecule is CCCCn1nnnc1COC(=O)c1cc(F)ccc1Br. The van der Waals surface area contributed by atoms with Crippen molar-refractivity contribution in [3.63, 3.8) is 0 Å². The van der Waals surface area contributed by atoms with Gasteiger partial charge in [0.1, 0.15) is 5.82 Å². The van der Waals surface area contributed by atoms with Gasteiger partial charge in [0.05, 0.1) is 5.56 Å². The molecule has 21 heavy (non-hydrogen) atoms. The summed E-state index contributed by atoms with van der Waals surface area (Å²) in [6, 6.07) is 3.83. The molecule has 0 aliphatic carbocycles. The zero-order chi connectivity index (χ0) is 15.2. The lowest BCUT2D eigenvalue weighted by Gasteiger charge is -2.07. The van der Waals surface area contributed by atoms with Gasteiger partial charge >= 0.3 is 5.97 Å². The van der Waals surface area contributed by atoms with Crippen molar-refractivity contribution in [3.05, 3.63) is 39.9 Å². The molecule has 0 aliphatic rings. The van der Waals surface area contributed by atoms with Crippen molar-refractivity contribution in [3.8, 4) is 0 Å². The molecule has 0 saturated heterocycles. The summed E-state index contributed by atoms with van der Waals surface area (Å²) in [5, 5.41) is 11.2. The Morgan fingerprint density at radius 1 is 1.48 bits per heavy atom. The van der Waals surface area contributed by atoms with Crippen molar-refractivity contribution in [2.75, 3.05) is 0 Å². The fourth-order valence-electron chi connectivity index (χ4n) is 1.67. The molecule has 112 valence electrons. The number of ether oxygens (including phenoxy) is 1. The van der Waals surface area contributed by atoms with Crippen molar-refractivity contribution >= 4 is 21.9 Å². The highest BCUT2D eigenvalue weighted by molar-refractivity contribution is 9.10. The topological polar surface area (TPSA) is 69.9 Å². The van der Waals surface area contributed by atoms with E-state index in [4.69, 9.17) is 4.74 Å². The van der Waals surface area contributed by atoms with Crippen molar-refractivity contribution < 1.29 is 13.9 Å². The van der Waals surface area contributed by atoms with Crippen molar-refractivity contribution in [1.29, 1.82) is 0 Å². The molecule has 0 unspecified atom stereocenters. The summed E-state index contributed by atoms with van der Waals surface area (Å²) >= 11 is 3.19. The zero-order valence-electron chi connectivity index (χ0n) is 11.4. The molecule has 0 N–H and O–H groups in total. The molecule has 1 aromatic heterocycles. The number of halogens is 2. The lowest BCUT2D eigenvalue weighted by atomic mass is 10.2. The third-order valence-electron chi connectivity index (χ3n) is 2.81. The van der Waals surface area contributed by atoms with E-state index in [0.29, 0.717) is 16.8 Å². The Bertz CT molecular complexity index is 632. The molecule has 0 atom stereocenters. The first-order valence-corrected chi connectivity index (χ1v) is 7.28. The van der Waals surface area contributed by atoms with Gasteiger partial charge in [-0.2, -0.15) is 0 Å². The summed E-state index contributed by atoms with van der Waals surface area (Å²) in [5.41, 5.74) is 0.127.